The van der Waals surface area contributed by atoms with E-state index in [1.807, 2.05) is 60.7 Å². The molecule has 0 aliphatic rings. The van der Waals surface area contributed by atoms with Crippen molar-refractivity contribution in [3.63, 3.8) is 0 Å². The van der Waals surface area contributed by atoms with Crippen LogP contribution < -0.4 is 0 Å². The monoisotopic (exact) mass is 310 g/mol. The van der Waals surface area contributed by atoms with Gasteiger partial charge in [-0.05, 0) is 17.5 Å². The second-order valence-electron chi connectivity index (χ2n) is 5.94. The van der Waals surface area contributed by atoms with Gasteiger partial charge in [0.25, 0.3) is 0 Å². The molecule has 0 atom stereocenters. The molecule has 122 valence electrons. The van der Waals surface area contributed by atoms with Crippen LogP contribution in [0.2, 0.25) is 0 Å². The van der Waals surface area contributed by atoms with Crippen LogP contribution in [0.15, 0.2) is 60.7 Å². The summed E-state index contributed by atoms with van der Waals surface area (Å²) >= 11 is 0. The quantitative estimate of drug-likeness (QED) is 0.500. The third-order valence-corrected chi connectivity index (χ3v) is 4.47. The molecule has 23 heavy (non-hydrogen) atoms. The molecule has 0 spiro atoms. The first kappa shape index (κ1) is 17.3. The molecule has 0 aromatic heterocycles. The van der Waals surface area contributed by atoms with Crippen LogP contribution in [0.4, 0.5) is 0 Å². The van der Waals surface area contributed by atoms with Crippen molar-refractivity contribution in [2.45, 2.75) is 44.4 Å². The average Bonchev–Trinajstić information content (AvgIpc) is 2.63. The minimum atomic E-state index is -0.717. The Hall–Kier alpha value is -2.09. The highest BCUT2D eigenvalue weighted by atomic mass is 16.5. The van der Waals surface area contributed by atoms with Gasteiger partial charge in [0.1, 0.15) is 5.41 Å². The average molecular weight is 310 g/mol. The normalized spacial score (nSPS) is 11.2. The van der Waals surface area contributed by atoms with Crippen LogP contribution in [-0.2, 0) is 14.9 Å². The number of unbranched alkanes of at least 4 members (excludes halogenated alkanes) is 3. The number of carbonyl (C=O) groups excluding carboxylic acids is 1. The Morgan fingerprint density at radius 2 is 1.39 bits per heavy atom. The smallest absolute Gasteiger partial charge is 0.320 e. The Balaban J connectivity index is 2.48. The third kappa shape index (κ3) is 3.82. The van der Waals surface area contributed by atoms with Gasteiger partial charge in [-0.2, -0.15) is 0 Å². The molecule has 0 heterocycles. The second-order valence-corrected chi connectivity index (χ2v) is 5.94. The van der Waals surface area contributed by atoms with E-state index in [0.29, 0.717) is 0 Å². The van der Waals surface area contributed by atoms with Gasteiger partial charge in [0, 0.05) is 0 Å². The van der Waals surface area contributed by atoms with E-state index in [1.165, 1.54) is 20.0 Å². The molecule has 0 aliphatic heterocycles. The second kappa shape index (κ2) is 8.52. The molecule has 0 N–H and O–H groups in total. The lowest BCUT2D eigenvalue weighted by atomic mass is 9.71. The maximum absolute atomic E-state index is 12.9. The van der Waals surface area contributed by atoms with Gasteiger partial charge in [-0.25, -0.2) is 0 Å². The van der Waals surface area contributed by atoms with E-state index in [4.69, 9.17) is 4.74 Å². The number of benzene rings is 2. The summed E-state index contributed by atoms with van der Waals surface area (Å²) in [6, 6.07) is 20.0. The van der Waals surface area contributed by atoms with Crippen molar-refractivity contribution in [2.75, 3.05) is 7.11 Å². The van der Waals surface area contributed by atoms with Crippen LogP contribution in [0.1, 0.15) is 50.2 Å². The standard InChI is InChI=1S/C21H26O2/c1-3-4-5-12-17-21(20(22)23-2,18-13-8-6-9-14-18)19-15-10-7-11-16-19/h6-11,13-16H,3-5,12,17H2,1-2H3. The molecular formula is C21H26O2. The molecule has 2 nitrogen and oxygen atoms in total. The van der Waals surface area contributed by atoms with E-state index in [0.717, 1.165) is 30.4 Å². The van der Waals surface area contributed by atoms with Crippen LogP contribution in [0.25, 0.3) is 0 Å². The van der Waals surface area contributed by atoms with Gasteiger partial charge in [0.05, 0.1) is 7.11 Å². The van der Waals surface area contributed by atoms with Crippen molar-refractivity contribution in [3.8, 4) is 0 Å². The number of carbonyl (C=O) groups is 1. The molecule has 0 saturated carbocycles. The lowest BCUT2D eigenvalue weighted by Crippen LogP contribution is -2.38. The molecule has 2 rings (SSSR count). The summed E-state index contributed by atoms with van der Waals surface area (Å²) in [6.45, 7) is 2.20. The number of rotatable bonds is 8. The van der Waals surface area contributed by atoms with Crippen molar-refractivity contribution in [3.05, 3.63) is 71.8 Å². The molecule has 0 saturated heterocycles. The molecule has 0 bridgehead atoms. The maximum atomic E-state index is 12.9. The van der Waals surface area contributed by atoms with Crippen LogP contribution in [-0.4, -0.2) is 13.1 Å². The molecule has 0 aliphatic carbocycles. The fraction of sp³-hybridized carbons (Fsp3) is 0.381. The maximum Gasteiger partial charge on any atom is 0.320 e. The highest BCUT2D eigenvalue weighted by Gasteiger charge is 2.42. The molecule has 0 unspecified atom stereocenters. The van der Waals surface area contributed by atoms with Crippen LogP contribution in [0.5, 0.6) is 0 Å². The number of hydrogen-bond donors (Lipinski definition) is 0. The number of methoxy groups -OCH3 is 1. The first-order valence-electron chi connectivity index (χ1n) is 8.45. The summed E-state index contributed by atoms with van der Waals surface area (Å²) in [6.07, 6.45) is 5.29. The van der Waals surface area contributed by atoms with Gasteiger partial charge in [0.2, 0.25) is 0 Å². The lowest BCUT2D eigenvalue weighted by Gasteiger charge is -2.32. The molecule has 0 amide bonds. The van der Waals surface area contributed by atoms with Crippen molar-refractivity contribution < 1.29 is 9.53 Å². The first-order valence-corrected chi connectivity index (χ1v) is 8.45. The summed E-state index contributed by atoms with van der Waals surface area (Å²) < 4.78 is 5.24. The number of hydrogen-bond acceptors (Lipinski definition) is 2. The molecule has 0 radical (unpaired) electrons. The van der Waals surface area contributed by atoms with Gasteiger partial charge in [-0.3, -0.25) is 4.79 Å². The lowest BCUT2D eigenvalue weighted by molar-refractivity contribution is -0.146. The van der Waals surface area contributed by atoms with Crippen LogP contribution >= 0.6 is 0 Å². The Bertz CT molecular complexity index is 550. The van der Waals surface area contributed by atoms with Crippen molar-refractivity contribution >= 4 is 5.97 Å². The predicted molar refractivity (Wildman–Crippen MR) is 94.4 cm³/mol. The molecular weight excluding hydrogens is 284 g/mol. The zero-order valence-corrected chi connectivity index (χ0v) is 14.1. The summed E-state index contributed by atoms with van der Waals surface area (Å²) in [7, 11) is 1.48. The first-order chi connectivity index (χ1) is 11.3. The topological polar surface area (TPSA) is 26.3 Å². The minimum Gasteiger partial charge on any atom is -0.468 e. The number of esters is 1. The van der Waals surface area contributed by atoms with Crippen molar-refractivity contribution in [1.29, 1.82) is 0 Å². The van der Waals surface area contributed by atoms with Crippen LogP contribution in [0.3, 0.4) is 0 Å². The summed E-state index contributed by atoms with van der Waals surface area (Å²) in [5, 5.41) is 0. The van der Waals surface area contributed by atoms with Gasteiger partial charge >= 0.3 is 5.97 Å². The number of ether oxygens (including phenoxy) is 1. The zero-order valence-electron chi connectivity index (χ0n) is 14.1. The molecule has 2 heteroatoms. The Morgan fingerprint density at radius 3 is 1.83 bits per heavy atom. The SMILES string of the molecule is CCCCCCC(C(=O)OC)(c1ccccc1)c1ccccc1. The largest absolute Gasteiger partial charge is 0.468 e. The van der Waals surface area contributed by atoms with Gasteiger partial charge in [-0.15, -0.1) is 0 Å². The predicted octanol–water partition coefficient (Wildman–Crippen LogP) is 5.12. The van der Waals surface area contributed by atoms with Crippen molar-refractivity contribution in [2.24, 2.45) is 0 Å². The molecule has 2 aromatic rings. The molecule has 2 aromatic carbocycles. The highest BCUT2D eigenvalue weighted by Crippen LogP contribution is 2.38. The fourth-order valence-electron chi connectivity index (χ4n) is 3.23. The van der Waals surface area contributed by atoms with E-state index >= 15 is 0 Å². The van der Waals surface area contributed by atoms with E-state index in [9.17, 15) is 4.79 Å². The Morgan fingerprint density at radius 1 is 0.870 bits per heavy atom. The zero-order chi connectivity index (χ0) is 16.5. The van der Waals surface area contributed by atoms with Gasteiger partial charge in [0.15, 0.2) is 0 Å². The van der Waals surface area contributed by atoms with E-state index in [-0.39, 0.29) is 5.97 Å². The van der Waals surface area contributed by atoms with Crippen molar-refractivity contribution in [1.82, 2.24) is 0 Å². The molecule has 0 fully saturated rings. The van der Waals surface area contributed by atoms with E-state index in [1.54, 1.807) is 0 Å². The van der Waals surface area contributed by atoms with Gasteiger partial charge in [-0.1, -0.05) is 93.3 Å². The highest BCUT2D eigenvalue weighted by molar-refractivity contribution is 5.87. The van der Waals surface area contributed by atoms with E-state index in [2.05, 4.69) is 6.92 Å². The third-order valence-electron chi connectivity index (χ3n) is 4.47. The Labute approximate surface area is 139 Å². The van der Waals surface area contributed by atoms with E-state index < -0.39 is 5.41 Å². The van der Waals surface area contributed by atoms with Crippen LogP contribution in [0, 0.1) is 0 Å². The Kier molecular flexibility index (Phi) is 6.40. The fourth-order valence-corrected chi connectivity index (χ4v) is 3.23. The minimum absolute atomic E-state index is 0.175. The summed E-state index contributed by atoms with van der Waals surface area (Å²) in [5.41, 5.74) is 1.30. The van der Waals surface area contributed by atoms with Gasteiger partial charge < -0.3 is 4.74 Å². The summed E-state index contributed by atoms with van der Waals surface area (Å²) in [5.74, 6) is -0.175. The summed E-state index contributed by atoms with van der Waals surface area (Å²) in [4.78, 5) is 12.9.